The molecule has 1 unspecified atom stereocenters. The van der Waals surface area contributed by atoms with Crippen LogP contribution in [0.5, 0.6) is 0 Å². The Balaban J connectivity index is -0.0000000541. The van der Waals surface area contributed by atoms with Crippen molar-refractivity contribution in [2.75, 3.05) is 0 Å². The average Bonchev–Trinajstić information content (AvgIpc) is 3.25. The van der Waals surface area contributed by atoms with E-state index in [1.165, 1.54) is 58.8 Å². The molecule has 0 rings (SSSR count). The van der Waals surface area contributed by atoms with Crippen LogP contribution in [0, 0.1) is 46.3 Å². The van der Waals surface area contributed by atoms with Crippen molar-refractivity contribution in [3.63, 3.8) is 0 Å². The van der Waals surface area contributed by atoms with Crippen LogP contribution in [0.4, 0.5) is 92.2 Å². The fourth-order valence-electron chi connectivity index (χ4n) is 1.32. The smallest absolute Gasteiger partial charge is 0.171 e. The first-order valence-corrected chi connectivity index (χ1v) is 28.3. The predicted molar refractivity (Wildman–Crippen MR) is 309 cm³/mol. The molecule has 0 saturated heterocycles. The molecule has 0 bridgehead atoms. The lowest BCUT2D eigenvalue weighted by molar-refractivity contribution is -0.327. The number of hydrogen-bond donors (Lipinski definition) is 0. The van der Waals surface area contributed by atoms with Crippen LogP contribution in [0.15, 0.2) is 0 Å². The summed E-state index contributed by atoms with van der Waals surface area (Å²) in [7, 11) is 0. The van der Waals surface area contributed by atoms with Gasteiger partial charge in [-0.2, -0.15) is 92.2 Å². The first kappa shape index (κ1) is 101. The third kappa shape index (κ3) is 139. The van der Waals surface area contributed by atoms with E-state index in [-0.39, 0.29) is 32.6 Å². The Morgan fingerprint density at radius 2 is 0.580 bits per heavy atom. The van der Waals surface area contributed by atoms with Gasteiger partial charge in [-0.15, -0.1) is 0 Å². The molecule has 1 atom stereocenters. The van der Waals surface area contributed by atoms with Gasteiger partial charge in [0, 0.05) is 23.7 Å². The van der Waals surface area contributed by atoms with E-state index in [2.05, 4.69) is 83.1 Å². The molecule has 0 aromatic rings. The van der Waals surface area contributed by atoms with Crippen molar-refractivity contribution < 1.29 is 97.7 Å². The topological polar surface area (TPSA) is 0 Å². The second kappa shape index (κ2) is 66.1. The first-order chi connectivity index (χ1) is 36.8. The zero-order chi connectivity index (χ0) is 73.5. The van der Waals surface area contributed by atoms with Gasteiger partial charge in [0.25, 0.3) is 0 Å². The summed E-state index contributed by atoms with van der Waals surface area (Å²) in [4.78, 5) is 0. The summed E-state index contributed by atoms with van der Waals surface area (Å²) in [5.41, 5.74) is -5.19. The summed E-state index contributed by atoms with van der Waals surface area (Å²) in [5, 5.41) is 0. The Morgan fingerprint density at radius 3 is 0.617 bits per heavy atom. The van der Waals surface area contributed by atoms with Crippen LogP contribution >= 0.6 is 0 Å². The number of rotatable bonds is 9. The number of alkyl halides is 21. The van der Waals surface area contributed by atoms with Gasteiger partial charge in [0.2, 0.25) is 0 Å². The standard InChI is InChI=1S/C6H11F3.C5H6F6.2C5H9F3.2C5H12.2C4H7F3.4C4H10.C3H8.C2H6/c1-2-3-4-5-6(7,8)9;1-3(2,4(6,7)8)5(9,10)11;1-4(2,3)5(6,7)8;1-3-4(2)5(6,7)8;1-4-5(2)3;1-3-5-4-2;2*1-3(2)4(5,6)7;2*1-4(2)3;2*1-3-4-2;1-3-2;1-2/h2-5H2,1H3;1-2H3;1-3H3;4H,3H2,1-2H3;5H,4H2,1-3H3;3-5H2,1-2H3;2*3H,1-2H3;2*4H,1-3H3;2*3-4H2,1-2H3;3H2,1-2H3;1-2H3/i;;;;;;3D;;4D;;3D2;;;. The molecule has 0 radical (unpaired) electrons. The summed E-state index contributed by atoms with van der Waals surface area (Å²) in [6, 6.07) is 0. The van der Waals surface area contributed by atoms with Gasteiger partial charge in [-0.1, -0.05) is 271 Å². The average molecular weight is 1250 g/mol. The largest absolute Gasteiger partial charge is 0.402 e. The van der Waals surface area contributed by atoms with E-state index in [1.807, 2.05) is 48.5 Å². The molecule has 0 aliphatic rings. The van der Waals surface area contributed by atoms with Crippen molar-refractivity contribution in [3.8, 4) is 0 Å². The van der Waals surface area contributed by atoms with Gasteiger partial charge in [-0.05, 0) is 44.4 Å². The number of unbranched alkanes of at least 4 members (excludes halogenated alkanes) is 5. The molecule has 0 aromatic carbocycles. The lowest BCUT2D eigenvalue weighted by Crippen LogP contribution is -2.44. The van der Waals surface area contributed by atoms with E-state index in [0.717, 1.165) is 66.7 Å². The minimum Gasteiger partial charge on any atom is -0.171 e. The molecular formula is C60H127F21. The predicted octanol–water partition coefficient (Wildman–Crippen LogP) is 29.5. The quantitative estimate of drug-likeness (QED) is 0.159. The fraction of sp³-hybridized carbons (Fsp3) is 1.00. The molecule has 0 saturated carbocycles. The molecule has 514 valence electrons. The molecule has 0 spiro atoms. The third-order valence-electron chi connectivity index (χ3n) is 8.10. The molecule has 0 heterocycles. The van der Waals surface area contributed by atoms with Crippen LogP contribution in [-0.4, -0.2) is 43.2 Å². The molecular weight excluding hydrogens is 1120 g/mol. The van der Waals surface area contributed by atoms with Gasteiger partial charge in [0.1, 0.15) is 0 Å². The van der Waals surface area contributed by atoms with Crippen LogP contribution in [-0.2, 0) is 0 Å². The molecule has 21 heteroatoms. The van der Waals surface area contributed by atoms with Gasteiger partial charge in [0.05, 0.1) is 11.3 Å². The summed E-state index contributed by atoms with van der Waals surface area (Å²) >= 11 is 0. The van der Waals surface area contributed by atoms with Crippen molar-refractivity contribution in [3.05, 3.63) is 0 Å². The van der Waals surface area contributed by atoms with E-state index in [1.54, 1.807) is 6.92 Å². The first-order valence-electron chi connectivity index (χ1n) is 30.3. The van der Waals surface area contributed by atoms with E-state index in [4.69, 9.17) is 5.48 Å². The lowest BCUT2D eigenvalue weighted by atomic mass is 9.92. The van der Waals surface area contributed by atoms with Gasteiger partial charge in [-0.25, -0.2) is 0 Å². The van der Waals surface area contributed by atoms with Crippen molar-refractivity contribution in [2.24, 2.45) is 46.3 Å². The second-order valence-corrected chi connectivity index (χ2v) is 21.3. The maximum atomic E-state index is 11.6. The van der Waals surface area contributed by atoms with Gasteiger partial charge in [0.15, 0.2) is 5.41 Å². The SMILES string of the molecule is CC.CC(C)(C(F)(F)F)C(F)(F)F.CC(C)(C)C(F)(F)F.CC(C)C.CC(C)C(F)(F)F.CCC.CCC(C)C.CCC(C)C(F)(F)F.CCCC.CCCCC.CCCCCC(F)(F)F.[2H]C(C)(C)C.[2H]C(C)(C)C(F)(F)F.[2H]C([2H])(C)CC. The monoisotopic (exact) mass is 1250 g/mol. The third-order valence-corrected chi connectivity index (χ3v) is 8.10. The molecule has 0 fully saturated rings. The molecule has 0 amide bonds. The van der Waals surface area contributed by atoms with Crippen LogP contribution in [0.2, 0.25) is 0 Å². The summed E-state index contributed by atoms with van der Waals surface area (Å²) in [6.45, 7) is 51.3. The minimum absolute atomic E-state index is 0.104. The van der Waals surface area contributed by atoms with Crippen molar-refractivity contribution >= 4 is 0 Å². The molecule has 0 aliphatic heterocycles. The molecule has 0 aliphatic carbocycles. The molecule has 0 nitrogen and oxygen atoms in total. The minimum atomic E-state index is -5.24. The Labute approximate surface area is 490 Å². The fourth-order valence-corrected chi connectivity index (χ4v) is 1.32. The van der Waals surface area contributed by atoms with E-state index >= 15 is 0 Å². The van der Waals surface area contributed by atoms with E-state index in [9.17, 15) is 92.2 Å². The highest BCUT2D eigenvalue weighted by molar-refractivity contribution is 4.84. The number of hydrogen-bond acceptors (Lipinski definition) is 0. The highest BCUT2D eigenvalue weighted by Crippen LogP contribution is 2.49. The number of halogens is 21. The molecule has 81 heavy (non-hydrogen) atoms. The van der Waals surface area contributed by atoms with E-state index < -0.39 is 84.6 Å². The Hall–Kier alpha value is -1.47. The van der Waals surface area contributed by atoms with Crippen LogP contribution in [0.25, 0.3) is 0 Å². The molecule has 0 N–H and O–H groups in total. The van der Waals surface area contributed by atoms with Gasteiger partial charge < -0.3 is 0 Å². The zero-order valence-electron chi connectivity index (χ0n) is 60.4. The van der Waals surface area contributed by atoms with Crippen molar-refractivity contribution in [2.45, 2.75) is 348 Å². The summed E-state index contributed by atoms with van der Waals surface area (Å²) < 4.78 is 268. The zero-order valence-corrected chi connectivity index (χ0v) is 56.4. The van der Waals surface area contributed by atoms with E-state index in [0.29, 0.717) is 12.8 Å². The molecule has 0 aromatic heterocycles. The maximum absolute atomic E-state index is 11.6. The van der Waals surface area contributed by atoms with Crippen molar-refractivity contribution in [1.82, 2.24) is 0 Å². The summed E-state index contributed by atoms with van der Waals surface area (Å²) in [6.07, 6.45) is -20.6. The van der Waals surface area contributed by atoms with Crippen LogP contribution in [0.1, 0.15) is 310 Å². The van der Waals surface area contributed by atoms with Crippen LogP contribution < -0.4 is 0 Å². The Kier molecular flexibility index (Phi) is 82.7. The highest BCUT2D eigenvalue weighted by atomic mass is 19.4. The Morgan fingerprint density at radius 1 is 0.370 bits per heavy atom. The Bertz CT molecular complexity index is 1180. The van der Waals surface area contributed by atoms with Crippen molar-refractivity contribution in [1.29, 1.82) is 0 Å². The lowest BCUT2D eigenvalue weighted by Gasteiger charge is -2.29. The normalized spacial score (nSPS) is 12.8. The van der Waals surface area contributed by atoms with Crippen LogP contribution in [0.3, 0.4) is 0 Å². The highest BCUT2D eigenvalue weighted by Gasteiger charge is 2.64. The summed E-state index contributed by atoms with van der Waals surface area (Å²) in [5.74, 6) is -3.20. The van der Waals surface area contributed by atoms with Gasteiger partial charge in [-0.3, -0.25) is 0 Å². The second-order valence-electron chi connectivity index (χ2n) is 21.3. The van der Waals surface area contributed by atoms with Gasteiger partial charge >= 0.3 is 43.2 Å². The maximum Gasteiger partial charge on any atom is 0.402 e.